The van der Waals surface area contributed by atoms with Gasteiger partial charge in [-0.05, 0) is 30.7 Å². The lowest BCUT2D eigenvalue weighted by Crippen LogP contribution is -2.07. The Morgan fingerprint density at radius 3 is 3.16 bits per heavy atom. The van der Waals surface area contributed by atoms with Crippen LogP contribution in [0.25, 0.3) is 10.9 Å². The average Bonchev–Trinajstić information content (AvgIpc) is 2.87. The molecule has 0 amide bonds. The third-order valence-electron chi connectivity index (χ3n) is 3.21. The van der Waals surface area contributed by atoms with Crippen LogP contribution < -0.4 is 5.32 Å². The SMILES string of the molecule is CCCC1CN=C(Nc2cccc3ncccc23)S1. The van der Waals surface area contributed by atoms with E-state index in [-0.39, 0.29) is 0 Å². The summed E-state index contributed by atoms with van der Waals surface area (Å²) in [6.45, 7) is 3.16. The van der Waals surface area contributed by atoms with E-state index in [0.29, 0.717) is 5.25 Å². The number of aliphatic imine (C=N–C) groups is 1. The second-order valence-corrected chi connectivity index (χ2v) is 5.96. The fourth-order valence-electron chi connectivity index (χ4n) is 2.29. The van der Waals surface area contributed by atoms with Gasteiger partial charge in [0.25, 0.3) is 0 Å². The fraction of sp³-hybridized carbons (Fsp3) is 0.333. The third-order valence-corrected chi connectivity index (χ3v) is 4.39. The first kappa shape index (κ1) is 12.5. The quantitative estimate of drug-likeness (QED) is 0.919. The molecular formula is C15H17N3S. The summed E-state index contributed by atoms with van der Waals surface area (Å²) in [7, 11) is 0. The molecule has 3 nitrogen and oxygen atoms in total. The molecule has 0 aliphatic carbocycles. The fourth-order valence-corrected chi connectivity index (χ4v) is 3.42. The molecule has 1 aliphatic rings. The monoisotopic (exact) mass is 271 g/mol. The van der Waals surface area contributed by atoms with Crippen LogP contribution in [0.3, 0.4) is 0 Å². The lowest BCUT2D eigenvalue weighted by atomic mass is 10.2. The molecule has 0 radical (unpaired) electrons. The first-order valence-electron chi connectivity index (χ1n) is 6.68. The molecule has 0 spiro atoms. The van der Waals surface area contributed by atoms with Gasteiger partial charge in [0.05, 0.1) is 12.1 Å². The number of hydrogen-bond acceptors (Lipinski definition) is 4. The van der Waals surface area contributed by atoms with Gasteiger partial charge in [-0.3, -0.25) is 9.98 Å². The minimum Gasteiger partial charge on any atom is -0.334 e. The summed E-state index contributed by atoms with van der Waals surface area (Å²) in [6, 6.07) is 10.2. The zero-order valence-corrected chi connectivity index (χ0v) is 11.8. The molecule has 1 N–H and O–H groups in total. The van der Waals surface area contributed by atoms with Crippen molar-refractivity contribution in [2.75, 3.05) is 11.9 Å². The van der Waals surface area contributed by atoms with Gasteiger partial charge < -0.3 is 5.32 Å². The Morgan fingerprint density at radius 2 is 2.26 bits per heavy atom. The molecule has 0 saturated heterocycles. The molecule has 0 fully saturated rings. The topological polar surface area (TPSA) is 37.3 Å². The maximum atomic E-state index is 4.59. The highest BCUT2D eigenvalue weighted by molar-refractivity contribution is 8.15. The van der Waals surface area contributed by atoms with Gasteiger partial charge in [0.15, 0.2) is 5.17 Å². The summed E-state index contributed by atoms with van der Waals surface area (Å²) in [5.74, 6) is 0. The van der Waals surface area contributed by atoms with Crippen molar-refractivity contribution in [2.45, 2.75) is 25.0 Å². The van der Waals surface area contributed by atoms with E-state index in [1.165, 1.54) is 12.8 Å². The van der Waals surface area contributed by atoms with Crippen molar-refractivity contribution < 1.29 is 0 Å². The minimum atomic E-state index is 0.639. The Hall–Kier alpha value is -1.55. The van der Waals surface area contributed by atoms with Gasteiger partial charge in [0.2, 0.25) is 0 Å². The van der Waals surface area contributed by atoms with Gasteiger partial charge in [-0.1, -0.05) is 31.2 Å². The molecule has 0 bridgehead atoms. The Balaban J connectivity index is 1.79. The van der Waals surface area contributed by atoms with Crippen molar-refractivity contribution in [3.8, 4) is 0 Å². The molecule has 2 heterocycles. The smallest absolute Gasteiger partial charge is 0.161 e. The zero-order valence-electron chi connectivity index (χ0n) is 11.0. The van der Waals surface area contributed by atoms with E-state index < -0.39 is 0 Å². The number of amidine groups is 1. The average molecular weight is 271 g/mol. The van der Waals surface area contributed by atoms with Crippen LogP contribution in [0.15, 0.2) is 41.5 Å². The van der Waals surface area contributed by atoms with Crippen LogP contribution in [0.5, 0.6) is 0 Å². The third kappa shape index (κ3) is 2.73. The molecule has 1 atom stereocenters. The van der Waals surface area contributed by atoms with E-state index in [2.05, 4.69) is 34.3 Å². The number of nitrogens with one attached hydrogen (secondary N) is 1. The molecule has 1 aliphatic heterocycles. The first-order chi connectivity index (χ1) is 9.36. The molecule has 98 valence electrons. The van der Waals surface area contributed by atoms with Gasteiger partial charge in [-0.2, -0.15) is 0 Å². The number of rotatable bonds is 3. The lowest BCUT2D eigenvalue weighted by molar-refractivity contribution is 0.754. The summed E-state index contributed by atoms with van der Waals surface area (Å²) in [5, 5.41) is 6.27. The second-order valence-electron chi connectivity index (χ2n) is 4.68. The Labute approximate surface area is 117 Å². The molecular weight excluding hydrogens is 254 g/mol. The van der Waals surface area contributed by atoms with E-state index in [1.807, 2.05) is 36.2 Å². The van der Waals surface area contributed by atoms with E-state index in [1.54, 1.807) is 0 Å². The van der Waals surface area contributed by atoms with E-state index >= 15 is 0 Å². The van der Waals surface area contributed by atoms with Crippen molar-refractivity contribution in [3.05, 3.63) is 36.5 Å². The molecule has 0 saturated carbocycles. The molecule has 1 aromatic heterocycles. The number of fused-ring (bicyclic) bond motifs is 1. The Bertz CT molecular complexity index is 604. The van der Waals surface area contributed by atoms with Gasteiger partial charge in [0, 0.05) is 22.5 Å². The normalized spacial score (nSPS) is 18.6. The van der Waals surface area contributed by atoms with Crippen LogP contribution in [0, 0.1) is 0 Å². The summed E-state index contributed by atoms with van der Waals surface area (Å²) in [4.78, 5) is 8.96. The van der Waals surface area contributed by atoms with E-state index in [9.17, 15) is 0 Å². The van der Waals surface area contributed by atoms with Crippen LogP contribution in [0.1, 0.15) is 19.8 Å². The number of nitrogens with zero attached hydrogens (tertiary/aromatic N) is 2. The number of anilines is 1. The summed E-state index contributed by atoms with van der Waals surface area (Å²) in [6.07, 6.45) is 4.28. The largest absolute Gasteiger partial charge is 0.334 e. The molecule has 2 aromatic rings. The van der Waals surface area contributed by atoms with Gasteiger partial charge in [-0.25, -0.2) is 0 Å². The highest BCUT2D eigenvalue weighted by Crippen LogP contribution is 2.28. The van der Waals surface area contributed by atoms with Crippen molar-refractivity contribution >= 4 is 33.5 Å². The number of hydrogen-bond donors (Lipinski definition) is 1. The molecule has 19 heavy (non-hydrogen) atoms. The van der Waals surface area contributed by atoms with E-state index in [4.69, 9.17) is 0 Å². The Morgan fingerprint density at radius 1 is 1.32 bits per heavy atom. The van der Waals surface area contributed by atoms with Crippen LogP contribution in [0.2, 0.25) is 0 Å². The molecule has 1 unspecified atom stereocenters. The van der Waals surface area contributed by atoms with Crippen molar-refractivity contribution in [2.24, 2.45) is 4.99 Å². The van der Waals surface area contributed by atoms with Crippen LogP contribution in [0.4, 0.5) is 5.69 Å². The van der Waals surface area contributed by atoms with Crippen LogP contribution in [-0.4, -0.2) is 21.9 Å². The number of pyridine rings is 1. The van der Waals surface area contributed by atoms with Crippen molar-refractivity contribution in [1.82, 2.24) is 4.98 Å². The summed E-state index contributed by atoms with van der Waals surface area (Å²) >= 11 is 1.86. The van der Waals surface area contributed by atoms with Crippen LogP contribution in [-0.2, 0) is 0 Å². The van der Waals surface area contributed by atoms with Gasteiger partial charge in [-0.15, -0.1) is 0 Å². The van der Waals surface area contributed by atoms with Crippen molar-refractivity contribution in [3.63, 3.8) is 0 Å². The number of benzene rings is 1. The second kappa shape index (κ2) is 5.61. The summed E-state index contributed by atoms with van der Waals surface area (Å²) < 4.78 is 0. The predicted molar refractivity (Wildman–Crippen MR) is 84.0 cm³/mol. The maximum absolute atomic E-state index is 4.59. The standard InChI is InChI=1S/C15H17N3S/c1-2-5-11-10-17-15(19-11)18-14-8-3-7-13-12(14)6-4-9-16-13/h3-4,6-9,11H,2,5,10H2,1H3,(H,17,18). The van der Waals surface area contributed by atoms with Crippen LogP contribution >= 0.6 is 11.8 Å². The minimum absolute atomic E-state index is 0.639. The lowest BCUT2D eigenvalue weighted by Gasteiger charge is -2.10. The molecule has 1 aromatic carbocycles. The number of aromatic nitrogens is 1. The highest BCUT2D eigenvalue weighted by atomic mass is 32.2. The molecule has 3 rings (SSSR count). The predicted octanol–water partition coefficient (Wildman–Crippen LogP) is 3.92. The Kier molecular flexibility index (Phi) is 3.69. The summed E-state index contributed by atoms with van der Waals surface area (Å²) in [5.41, 5.74) is 2.11. The van der Waals surface area contributed by atoms with Gasteiger partial charge in [0.1, 0.15) is 0 Å². The number of thioether (sulfide) groups is 1. The van der Waals surface area contributed by atoms with E-state index in [0.717, 1.165) is 28.3 Å². The highest BCUT2D eigenvalue weighted by Gasteiger charge is 2.19. The van der Waals surface area contributed by atoms with Crippen molar-refractivity contribution in [1.29, 1.82) is 0 Å². The molecule has 4 heteroatoms. The maximum Gasteiger partial charge on any atom is 0.161 e. The van der Waals surface area contributed by atoms with Gasteiger partial charge >= 0.3 is 0 Å². The zero-order chi connectivity index (χ0) is 13.1. The first-order valence-corrected chi connectivity index (χ1v) is 7.56.